The largest absolute Gasteiger partial charge is 0.376 e. The number of rotatable bonds is 8. The van der Waals surface area contributed by atoms with Crippen LogP contribution in [0.4, 0.5) is 11.4 Å². The number of carbonyl (C=O) groups excluding carboxylic acids is 1. The molecule has 0 fully saturated rings. The number of carbonyl (C=O) groups is 1. The second-order valence-electron chi connectivity index (χ2n) is 5.97. The first-order valence-electron chi connectivity index (χ1n) is 8.75. The monoisotopic (exact) mass is 469 g/mol. The van der Waals surface area contributed by atoms with Gasteiger partial charge in [-0.25, -0.2) is 0 Å². The Morgan fingerprint density at radius 3 is 2.66 bits per heavy atom. The smallest absolute Gasteiger partial charge is 0.234 e. The van der Waals surface area contributed by atoms with Crippen LogP contribution in [-0.2, 0) is 17.9 Å². The third-order valence-electron chi connectivity index (χ3n) is 3.92. The number of thioether (sulfide) groups is 1. The van der Waals surface area contributed by atoms with Gasteiger partial charge in [0.2, 0.25) is 5.91 Å². The molecule has 0 aliphatic heterocycles. The van der Waals surface area contributed by atoms with E-state index in [4.69, 9.17) is 34.8 Å². The Bertz CT molecular complexity index is 1010. The Morgan fingerprint density at radius 1 is 1.10 bits per heavy atom. The highest BCUT2D eigenvalue weighted by atomic mass is 35.5. The van der Waals surface area contributed by atoms with Crippen LogP contribution < -0.4 is 10.6 Å². The van der Waals surface area contributed by atoms with Crippen molar-refractivity contribution in [3.8, 4) is 0 Å². The standard InChI is InChI=1S/C19H18Cl3N5OS/c1-2-27-17(10-23-16-9-13(21)6-7-15(16)22)25-26-19(27)29-11-18(28)24-14-5-3-4-12(20)8-14/h3-9,23H,2,10-11H2,1H3,(H,24,28). The number of nitrogens with zero attached hydrogens (tertiary/aromatic N) is 3. The van der Waals surface area contributed by atoms with Gasteiger partial charge in [-0.1, -0.05) is 52.6 Å². The molecule has 0 atom stereocenters. The summed E-state index contributed by atoms with van der Waals surface area (Å²) >= 11 is 19.5. The lowest BCUT2D eigenvalue weighted by Crippen LogP contribution is -2.15. The summed E-state index contributed by atoms with van der Waals surface area (Å²) in [6, 6.07) is 12.2. The van der Waals surface area contributed by atoms with Crippen LogP contribution in [0.3, 0.4) is 0 Å². The molecule has 3 aromatic rings. The molecule has 0 radical (unpaired) electrons. The molecule has 0 spiro atoms. The van der Waals surface area contributed by atoms with E-state index in [1.165, 1.54) is 11.8 Å². The van der Waals surface area contributed by atoms with Crippen molar-refractivity contribution < 1.29 is 4.79 Å². The molecule has 10 heteroatoms. The average Bonchev–Trinajstić information content (AvgIpc) is 3.09. The zero-order chi connectivity index (χ0) is 20.8. The molecule has 1 aromatic heterocycles. The minimum absolute atomic E-state index is 0.145. The zero-order valence-electron chi connectivity index (χ0n) is 15.5. The lowest BCUT2D eigenvalue weighted by atomic mass is 10.3. The van der Waals surface area contributed by atoms with Crippen LogP contribution in [0.25, 0.3) is 0 Å². The number of hydrogen-bond acceptors (Lipinski definition) is 5. The van der Waals surface area contributed by atoms with Crippen molar-refractivity contribution in [3.05, 3.63) is 63.4 Å². The van der Waals surface area contributed by atoms with E-state index in [9.17, 15) is 4.79 Å². The molecule has 0 unspecified atom stereocenters. The van der Waals surface area contributed by atoms with E-state index in [0.29, 0.717) is 39.0 Å². The van der Waals surface area contributed by atoms with Gasteiger partial charge in [-0.3, -0.25) is 4.79 Å². The highest BCUT2D eigenvalue weighted by molar-refractivity contribution is 7.99. The maximum atomic E-state index is 12.2. The number of aromatic nitrogens is 3. The summed E-state index contributed by atoms with van der Waals surface area (Å²) in [6.07, 6.45) is 0. The zero-order valence-corrected chi connectivity index (χ0v) is 18.5. The van der Waals surface area contributed by atoms with Crippen molar-refractivity contribution in [1.82, 2.24) is 14.8 Å². The third kappa shape index (κ3) is 6.02. The van der Waals surface area contributed by atoms with Gasteiger partial charge in [0.05, 0.1) is 23.0 Å². The first-order valence-corrected chi connectivity index (χ1v) is 10.9. The van der Waals surface area contributed by atoms with E-state index in [1.54, 1.807) is 42.5 Å². The van der Waals surface area contributed by atoms with Gasteiger partial charge in [0, 0.05) is 22.3 Å². The van der Waals surface area contributed by atoms with Crippen LogP contribution in [0.15, 0.2) is 47.6 Å². The second-order valence-corrected chi connectivity index (χ2v) is 8.19. The van der Waals surface area contributed by atoms with Gasteiger partial charge in [0.1, 0.15) is 0 Å². The number of hydrogen-bond donors (Lipinski definition) is 2. The van der Waals surface area contributed by atoms with Crippen molar-refractivity contribution in [2.75, 3.05) is 16.4 Å². The molecular formula is C19H18Cl3N5OS. The Balaban J connectivity index is 1.60. The topological polar surface area (TPSA) is 71.8 Å². The summed E-state index contributed by atoms with van der Waals surface area (Å²) < 4.78 is 1.95. The summed E-state index contributed by atoms with van der Waals surface area (Å²) in [5, 5.41) is 16.9. The quantitative estimate of drug-likeness (QED) is 0.419. The fraction of sp³-hybridized carbons (Fsp3) is 0.211. The first-order chi connectivity index (χ1) is 14.0. The van der Waals surface area contributed by atoms with E-state index in [-0.39, 0.29) is 11.7 Å². The molecular weight excluding hydrogens is 453 g/mol. The fourth-order valence-electron chi connectivity index (χ4n) is 2.57. The summed E-state index contributed by atoms with van der Waals surface area (Å²) in [5.41, 5.74) is 1.38. The van der Waals surface area contributed by atoms with Crippen LogP contribution in [0.2, 0.25) is 15.1 Å². The summed E-state index contributed by atoms with van der Waals surface area (Å²) in [7, 11) is 0. The Morgan fingerprint density at radius 2 is 1.90 bits per heavy atom. The van der Waals surface area contributed by atoms with Crippen molar-refractivity contribution in [2.45, 2.75) is 25.2 Å². The second kappa shape index (κ2) is 10.2. The summed E-state index contributed by atoms with van der Waals surface area (Å²) in [6.45, 7) is 3.09. The first kappa shape index (κ1) is 21.8. The maximum Gasteiger partial charge on any atom is 0.234 e. The molecule has 152 valence electrons. The van der Waals surface area contributed by atoms with Crippen LogP contribution >= 0.6 is 46.6 Å². The lowest BCUT2D eigenvalue weighted by molar-refractivity contribution is -0.113. The average molecular weight is 471 g/mol. The van der Waals surface area contributed by atoms with Gasteiger partial charge in [-0.2, -0.15) is 0 Å². The fourth-order valence-corrected chi connectivity index (χ4v) is 3.94. The molecule has 29 heavy (non-hydrogen) atoms. The molecule has 0 saturated heterocycles. The normalized spacial score (nSPS) is 10.8. The number of benzene rings is 2. The number of halogens is 3. The van der Waals surface area contributed by atoms with Gasteiger partial charge in [0.15, 0.2) is 11.0 Å². The van der Waals surface area contributed by atoms with Gasteiger partial charge < -0.3 is 15.2 Å². The molecule has 2 N–H and O–H groups in total. The van der Waals surface area contributed by atoms with Crippen molar-refractivity contribution in [2.24, 2.45) is 0 Å². The number of amides is 1. The van der Waals surface area contributed by atoms with E-state index in [1.807, 2.05) is 11.5 Å². The number of anilines is 2. The Kier molecular flexibility index (Phi) is 7.66. The molecule has 0 aliphatic carbocycles. The van der Waals surface area contributed by atoms with E-state index in [0.717, 1.165) is 11.5 Å². The van der Waals surface area contributed by atoms with Crippen molar-refractivity contribution in [1.29, 1.82) is 0 Å². The molecule has 0 saturated carbocycles. The predicted octanol–water partition coefficient (Wildman–Crippen LogP) is 5.60. The lowest BCUT2D eigenvalue weighted by Gasteiger charge is -2.10. The van der Waals surface area contributed by atoms with E-state index >= 15 is 0 Å². The Hall–Kier alpha value is -1.93. The minimum Gasteiger partial charge on any atom is -0.376 e. The van der Waals surface area contributed by atoms with Gasteiger partial charge in [-0.05, 0) is 43.3 Å². The molecule has 2 aromatic carbocycles. The minimum atomic E-state index is -0.145. The SMILES string of the molecule is CCn1c(CNc2cc(Cl)ccc2Cl)nnc1SCC(=O)Nc1cccc(Cl)c1. The van der Waals surface area contributed by atoms with Crippen molar-refractivity contribution in [3.63, 3.8) is 0 Å². The van der Waals surface area contributed by atoms with Crippen LogP contribution in [-0.4, -0.2) is 26.4 Å². The van der Waals surface area contributed by atoms with Crippen LogP contribution in [0.1, 0.15) is 12.7 Å². The number of nitrogens with one attached hydrogen (secondary N) is 2. The molecule has 0 aliphatic rings. The molecule has 0 bridgehead atoms. The maximum absolute atomic E-state index is 12.2. The highest BCUT2D eigenvalue weighted by Crippen LogP contribution is 2.26. The molecule has 1 heterocycles. The van der Waals surface area contributed by atoms with E-state index in [2.05, 4.69) is 20.8 Å². The Labute approximate surface area is 187 Å². The van der Waals surface area contributed by atoms with Crippen LogP contribution in [0.5, 0.6) is 0 Å². The van der Waals surface area contributed by atoms with Gasteiger partial charge >= 0.3 is 0 Å². The molecule has 1 amide bonds. The molecule has 3 rings (SSSR count). The summed E-state index contributed by atoms with van der Waals surface area (Å²) in [5.74, 6) is 0.799. The summed E-state index contributed by atoms with van der Waals surface area (Å²) in [4.78, 5) is 12.2. The van der Waals surface area contributed by atoms with Crippen molar-refractivity contribution >= 4 is 63.8 Å². The molecule has 6 nitrogen and oxygen atoms in total. The van der Waals surface area contributed by atoms with Gasteiger partial charge in [0.25, 0.3) is 0 Å². The van der Waals surface area contributed by atoms with E-state index < -0.39 is 0 Å². The predicted molar refractivity (Wildman–Crippen MR) is 120 cm³/mol. The third-order valence-corrected chi connectivity index (χ3v) is 5.68. The van der Waals surface area contributed by atoms with Crippen LogP contribution in [0, 0.1) is 0 Å². The highest BCUT2D eigenvalue weighted by Gasteiger charge is 2.14. The van der Waals surface area contributed by atoms with Gasteiger partial charge in [-0.15, -0.1) is 10.2 Å².